The molecule has 32 heavy (non-hydrogen) atoms. The van der Waals surface area contributed by atoms with Gasteiger partial charge in [-0.2, -0.15) is 8.78 Å². The third kappa shape index (κ3) is 4.11. The number of hydrogen-bond acceptors (Lipinski definition) is 3. The van der Waals surface area contributed by atoms with Gasteiger partial charge in [-0.1, -0.05) is 0 Å². The van der Waals surface area contributed by atoms with Gasteiger partial charge >= 0.3 is 13.3 Å². The summed E-state index contributed by atoms with van der Waals surface area (Å²) in [5, 5.41) is 3.70. The van der Waals surface area contributed by atoms with Crippen LogP contribution < -0.4 is 5.32 Å². The predicted octanol–water partition coefficient (Wildman–Crippen LogP) is 5.48. The quantitative estimate of drug-likeness (QED) is 0.240. The number of alkyl halides is 2. The third-order valence-corrected chi connectivity index (χ3v) is 8.37. The van der Waals surface area contributed by atoms with E-state index in [0.29, 0.717) is 22.5 Å². The number of hydrogen-bond donors (Lipinski definition) is 4. The number of nitrogens with one attached hydrogen (secondary N) is 2. The highest BCUT2D eigenvalue weighted by molar-refractivity contribution is 9.10. The lowest BCUT2D eigenvalue weighted by molar-refractivity contribution is 0.0595. The largest absolute Gasteiger partial charge is 0.400 e. The van der Waals surface area contributed by atoms with Gasteiger partial charge in [-0.25, -0.2) is 4.39 Å². The number of rotatable bonds is 6. The van der Waals surface area contributed by atoms with Crippen LogP contribution in [0.3, 0.4) is 0 Å². The van der Waals surface area contributed by atoms with Crippen molar-refractivity contribution >= 4 is 61.8 Å². The van der Waals surface area contributed by atoms with E-state index in [-0.39, 0.29) is 27.8 Å². The van der Waals surface area contributed by atoms with E-state index in [1.807, 2.05) is 0 Å². The van der Waals surface area contributed by atoms with E-state index < -0.39 is 24.0 Å². The van der Waals surface area contributed by atoms with E-state index >= 15 is 0 Å². The first-order chi connectivity index (χ1) is 15.0. The number of carbonyl (C=O) groups is 1. The van der Waals surface area contributed by atoms with Crippen molar-refractivity contribution in [3.63, 3.8) is 0 Å². The van der Waals surface area contributed by atoms with E-state index in [1.54, 1.807) is 12.3 Å². The number of aromatic amines is 1. The lowest BCUT2D eigenvalue weighted by atomic mass is 10.1. The molecule has 0 aliphatic carbocycles. The second-order valence-corrected chi connectivity index (χ2v) is 10.5. The second kappa shape index (κ2) is 8.31. The zero-order valence-electron chi connectivity index (χ0n) is 16.0. The van der Waals surface area contributed by atoms with Gasteiger partial charge in [0.25, 0.3) is 5.91 Å². The van der Waals surface area contributed by atoms with E-state index in [0.717, 1.165) is 16.5 Å². The van der Waals surface area contributed by atoms with Crippen LogP contribution in [-0.2, 0) is 16.6 Å². The Bertz CT molecular complexity index is 1400. The van der Waals surface area contributed by atoms with E-state index in [9.17, 15) is 22.5 Å². The Kier molecular flexibility index (Phi) is 5.98. The summed E-state index contributed by atoms with van der Waals surface area (Å²) in [7, 11) is -5.72. The molecule has 4 N–H and O–H groups in total. The van der Waals surface area contributed by atoms with Crippen molar-refractivity contribution in [2.75, 3.05) is 6.54 Å². The Morgan fingerprint density at radius 2 is 1.94 bits per heavy atom. The first kappa shape index (κ1) is 23.0. The summed E-state index contributed by atoms with van der Waals surface area (Å²) in [6.07, 6.45) is 2.19. The molecule has 0 atom stereocenters. The first-order valence-electron chi connectivity index (χ1n) is 9.19. The van der Waals surface area contributed by atoms with E-state index in [2.05, 4.69) is 26.2 Å². The maximum absolute atomic E-state index is 14.2. The van der Waals surface area contributed by atoms with Crippen molar-refractivity contribution in [3.05, 3.63) is 68.9 Å². The maximum atomic E-state index is 14.2. The molecule has 0 spiro atoms. The molecular formula is C20H15BrF3N2O4PS. The van der Waals surface area contributed by atoms with Crippen LogP contribution >= 0.6 is 34.9 Å². The summed E-state index contributed by atoms with van der Waals surface area (Å²) in [4.78, 5) is 32.8. The highest BCUT2D eigenvalue weighted by Crippen LogP contribution is 2.62. The lowest BCUT2D eigenvalue weighted by Crippen LogP contribution is -2.25. The Morgan fingerprint density at radius 3 is 2.66 bits per heavy atom. The number of H-pyrrole nitrogens is 1. The number of fused-ring (bicyclic) bond motifs is 2. The molecule has 2 aromatic heterocycles. The van der Waals surface area contributed by atoms with Gasteiger partial charge in [-0.3, -0.25) is 9.36 Å². The summed E-state index contributed by atoms with van der Waals surface area (Å²) in [6, 6.07) is 8.67. The fourth-order valence-electron chi connectivity index (χ4n) is 3.30. The predicted molar refractivity (Wildman–Crippen MR) is 120 cm³/mol. The van der Waals surface area contributed by atoms with Crippen LogP contribution in [0.5, 0.6) is 0 Å². The molecule has 6 nitrogen and oxygen atoms in total. The fourth-order valence-corrected chi connectivity index (χ4v) is 6.23. The number of benzene rings is 2. The van der Waals surface area contributed by atoms with Crippen LogP contribution in [0.2, 0.25) is 0 Å². The minimum Gasteiger partial charge on any atom is -0.361 e. The molecule has 4 rings (SSSR count). The fraction of sp³-hybridized carbons (Fsp3) is 0.150. The standard InChI is InChI=1S/C20H15BrF3N2O4PS/c21-17-14-7-10(1-4-16(14)32-18(17)20(23,24)31(28,29)30)19(27)25-6-5-11-9-26-15-3-2-12(22)8-13(11)15/h1-4,7-9,26H,5-6H2,(H,25,27)(H2,28,29,30). The molecule has 2 aromatic carbocycles. The average molecular weight is 547 g/mol. The molecule has 4 aromatic rings. The van der Waals surface area contributed by atoms with Gasteiger partial charge in [0.2, 0.25) is 0 Å². The van der Waals surface area contributed by atoms with Crippen LogP contribution in [0.1, 0.15) is 20.8 Å². The smallest absolute Gasteiger partial charge is 0.361 e. The Hall–Kier alpha value is -2.17. The van der Waals surface area contributed by atoms with Crippen molar-refractivity contribution in [3.8, 4) is 0 Å². The van der Waals surface area contributed by atoms with E-state index in [4.69, 9.17) is 9.79 Å². The summed E-state index contributed by atoms with van der Waals surface area (Å²) in [6.45, 7) is 0.257. The lowest BCUT2D eigenvalue weighted by Gasteiger charge is -2.16. The van der Waals surface area contributed by atoms with Crippen LogP contribution in [-0.4, -0.2) is 27.2 Å². The van der Waals surface area contributed by atoms with Crippen molar-refractivity contribution in [2.24, 2.45) is 0 Å². The topological polar surface area (TPSA) is 102 Å². The van der Waals surface area contributed by atoms with Gasteiger partial charge in [-0.05, 0) is 64.3 Å². The van der Waals surface area contributed by atoms with Gasteiger partial charge in [-0.15, -0.1) is 11.3 Å². The molecule has 0 fully saturated rings. The molecule has 0 bridgehead atoms. The summed E-state index contributed by atoms with van der Waals surface area (Å²) in [5.74, 6) is -0.806. The van der Waals surface area contributed by atoms with Crippen molar-refractivity contribution in [1.29, 1.82) is 0 Å². The van der Waals surface area contributed by atoms with Gasteiger partial charge in [0.1, 0.15) is 10.7 Å². The molecule has 12 heteroatoms. The average Bonchev–Trinajstić information content (AvgIpc) is 3.28. The monoisotopic (exact) mass is 546 g/mol. The maximum Gasteiger partial charge on any atom is 0.400 e. The zero-order chi connectivity index (χ0) is 23.3. The van der Waals surface area contributed by atoms with Crippen molar-refractivity contribution in [1.82, 2.24) is 10.3 Å². The van der Waals surface area contributed by atoms with Crippen LogP contribution in [0.4, 0.5) is 13.2 Å². The SMILES string of the molecule is O=C(NCCc1c[nH]c2ccc(F)cc12)c1ccc2sc(C(F)(F)P(=O)(O)O)c(Br)c2c1. The highest BCUT2D eigenvalue weighted by Gasteiger charge is 2.53. The third-order valence-electron chi connectivity index (χ3n) is 4.94. The number of thiophene rings is 1. The first-order valence-corrected chi connectivity index (χ1v) is 12.4. The molecule has 0 aliphatic rings. The van der Waals surface area contributed by atoms with Gasteiger partial charge < -0.3 is 20.1 Å². The zero-order valence-corrected chi connectivity index (χ0v) is 19.3. The van der Waals surface area contributed by atoms with Crippen molar-refractivity contribution in [2.45, 2.75) is 12.1 Å². The molecule has 1 amide bonds. The molecule has 0 aliphatic heterocycles. The summed E-state index contributed by atoms with van der Waals surface area (Å²) < 4.78 is 53.2. The molecule has 168 valence electrons. The van der Waals surface area contributed by atoms with Gasteiger partial charge in [0, 0.05) is 43.8 Å². The van der Waals surface area contributed by atoms with Gasteiger partial charge in [0.15, 0.2) is 0 Å². The number of halogens is 4. The molecule has 0 saturated carbocycles. The molecule has 0 saturated heterocycles. The summed E-state index contributed by atoms with van der Waals surface area (Å²) in [5.41, 5.74) is -2.54. The van der Waals surface area contributed by atoms with E-state index in [1.165, 1.54) is 30.3 Å². The van der Waals surface area contributed by atoms with Crippen LogP contribution in [0.25, 0.3) is 21.0 Å². The minimum absolute atomic E-state index is 0.165. The summed E-state index contributed by atoms with van der Waals surface area (Å²) >= 11 is 3.53. The number of aromatic nitrogens is 1. The molecular weight excluding hydrogens is 532 g/mol. The van der Waals surface area contributed by atoms with Crippen molar-refractivity contribution < 1.29 is 32.3 Å². The van der Waals surface area contributed by atoms with Crippen LogP contribution in [0.15, 0.2) is 47.1 Å². The normalized spacial score (nSPS) is 12.6. The van der Waals surface area contributed by atoms with Gasteiger partial charge in [0.05, 0.1) is 0 Å². The second-order valence-electron chi connectivity index (χ2n) is 7.05. The highest BCUT2D eigenvalue weighted by atomic mass is 79.9. The molecule has 0 unspecified atom stereocenters. The Balaban J connectivity index is 1.52. The molecule has 0 radical (unpaired) electrons. The Labute approximate surface area is 191 Å². The number of amides is 1. The molecule has 2 heterocycles. The van der Waals surface area contributed by atoms with Crippen LogP contribution in [0, 0.1) is 5.82 Å². The minimum atomic E-state index is -5.72. The Morgan fingerprint density at radius 1 is 1.19 bits per heavy atom. The number of carbonyl (C=O) groups excluding carboxylic acids is 1.